The van der Waals surface area contributed by atoms with Crippen LogP contribution in [0.2, 0.25) is 5.02 Å². The summed E-state index contributed by atoms with van der Waals surface area (Å²) in [4.78, 5) is 17.0. The second-order valence-corrected chi connectivity index (χ2v) is 8.10. The summed E-state index contributed by atoms with van der Waals surface area (Å²) in [6.07, 6.45) is 2.97. The normalized spacial score (nSPS) is 19.6. The molecule has 0 fully saturated rings. The van der Waals surface area contributed by atoms with E-state index in [9.17, 15) is 4.79 Å². The monoisotopic (exact) mass is 434 g/mol. The van der Waals surface area contributed by atoms with Gasteiger partial charge in [-0.25, -0.2) is 4.98 Å². The summed E-state index contributed by atoms with van der Waals surface area (Å²) in [6.45, 7) is 2.46. The Balaban J connectivity index is 1.64. The maximum atomic E-state index is 12.4. The van der Waals surface area contributed by atoms with Crippen molar-refractivity contribution in [3.63, 3.8) is 0 Å². The molecule has 0 radical (unpaired) electrons. The zero-order valence-electron chi connectivity index (χ0n) is 17.1. The largest absolute Gasteiger partial charge is 0.473 e. The summed E-state index contributed by atoms with van der Waals surface area (Å²) in [5, 5.41) is 1.73. The van der Waals surface area contributed by atoms with Crippen molar-refractivity contribution in [2.75, 3.05) is 0 Å². The average Bonchev–Trinajstić information content (AvgIpc) is 2.78. The molecule has 2 aromatic carbocycles. The predicted octanol–water partition coefficient (Wildman–Crippen LogP) is 2.97. The lowest BCUT2D eigenvalue weighted by Crippen LogP contribution is -2.50. The molecule has 31 heavy (non-hydrogen) atoms. The Morgan fingerprint density at radius 1 is 1.06 bits per heavy atom. The van der Waals surface area contributed by atoms with Gasteiger partial charge in [0.25, 0.3) is 0 Å². The maximum Gasteiger partial charge on any atom is 0.230 e. The fraction of sp³-hybridized carbons (Fsp3) is 0.200. The van der Waals surface area contributed by atoms with Crippen LogP contribution in [-0.4, -0.2) is 17.0 Å². The highest BCUT2D eigenvalue weighted by Crippen LogP contribution is 2.30. The van der Waals surface area contributed by atoms with Crippen LogP contribution in [0.1, 0.15) is 18.1 Å². The van der Waals surface area contributed by atoms with Crippen LogP contribution in [0, 0.1) is 5.41 Å². The van der Waals surface area contributed by atoms with Crippen LogP contribution in [0.15, 0.2) is 66.7 Å². The molecule has 1 heterocycles. The molecule has 2 atom stereocenters. The Hall–Kier alpha value is -3.15. The maximum absolute atomic E-state index is 12.4. The van der Waals surface area contributed by atoms with E-state index in [1.807, 2.05) is 66.7 Å². The molecule has 2 unspecified atom stereocenters. The lowest BCUT2D eigenvalue weighted by Gasteiger charge is -2.32. The molecule has 158 valence electrons. The molecule has 2 N–H and O–H groups in total. The molecular formula is C25H23ClN2O3. The Labute approximate surface area is 185 Å². The Kier molecular flexibility index (Phi) is 6.07. The fourth-order valence-electron chi connectivity index (χ4n) is 3.48. The van der Waals surface area contributed by atoms with Crippen LogP contribution in [0.4, 0.5) is 0 Å². The van der Waals surface area contributed by atoms with Crippen LogP contribution in [0.5, 0.6) is 5.88 Å². The van der Waals surface area contributed by atoms with Gasteiger partial charge in [-0.2, -0.15) is 0 Å². The molecule has 0 spiro atoms. The zero-order chi connectivity index (χ0) is 21.8. The van der Waals surface area contributed by atoms with E-state index < -0.39 is 17.4 Å². The second-order valence-electron chi connectivity index (χ2n) is 7.69. The molecule has 0 saturated carbocycles. The number of pyridine rings is 1. The first-order valence-electron chi connectivity index (χ1n) is 9.99. The van der Waals surface area contributed by atoms with E-state index in [1.165, 1.54) is 0 Å². The van der Waals surface area contributed by atoms with Crippen LogP contribution in [0.25, 0.3) is 12.2 Å². The number of rotatable bonds is 7. The minimum atomic E-state index is -1.07. The van der Waals surface area contributed by atoms with E-state index >= 15 is 0 Å². The van der Waals surface area contributed by atoms with Crippen molar-refractivity contribution in [2.24, 2.45) is 11.1 Å². The van der Waals surface area contributed by atoms with Gasteiger partial charge in [0.2, 0.25) is 11.8 Å². The van der Waals surface area contributed by atoms with E-state index in [2.05, 4.69) is 4.98 Å². The molecule has 1 aromatic heterocycles. The number of hydrogen-bond donors (Lipinski definition) is 1. The topological polar surface area (TPSA) is 74.4 Å². The molecule has 0 saturated heterocycles. The van der Waals surface area contributed by atoms with E-state index in [4.69, 9.17) is 26.8 Å². The first-order valence-corrected chi connectivity index (χ1v) is 10.4. The van der Waals surface area contributed by atoms with Gasteiger partial charge < -0.3 is 15.2 Å². The quantitative estimate of drug-likeness (QED) is 0.620. The van der Waals surface area contributed by atoms with Crippen LogP contribution < -0.4 is 21.0 Å². The Bertz CT molecular complexity index is 1200. The van der Waals surface area contributed by atoms with Crippen molar-refractivity contribution >= 4 is 29.7 Å². The van der Waals surface area contributed by atoms with Gasteiger partial charge in [0, 0.05) is 11.3 Å². The number of amides is 1. The van der Waals surface area contributed by atoms with Gasteiger partial charge in [-0.3, -0.25) is 4.79 Å². The first-order chi connectivity index (χ1) is 15.0. The van der Waals surface area contributed by atoms with E-state index in [1.54, 1.807) is 19.1 Å². The standard InChI is InChI=1S/C25H23ClN2O3/c1-25(24(27)29)14-21-19(12-22(25)30-15-17-8-4-2-5-9-17)20(26)13-23(28-21)31-16-18-10-6-3-7-11-18/h2-14,22H,15-16H2,1H3,(H2,27,29). The molecule has 6 heteroatoms. The third kappa shape index (κ3) is 4.63. The Morgan fingerprint density at radius 2 is 1.68 bits per heavy atom. The molecule has 4 rings (SSSR count). The van der Waals surface area contributed by atoms with Crippen molar-refractivity contribution in [3.05, 3.63) is 93.4 Å². The summed E-state index contributed by atoms with van der Waals surface area (Å²) < 4.78 is 11.9. The van der Waals surface area contributed by atoms with Crippen molar-refractivity contribution in [1.29, 1.82) is 0 Å². The summed E-state index contributed by atoms with van der Waals surface area (Å²) in [6, 6.07) is 21.2. The fourth-order valence-corrected chi connectivity index (χ4v) is 3.74. The van der Waals surface area contributed by atoms with E-state index in [0.717, 1.165) is 11.1 Å². The number of halogens is 1. The van der Waals surface area contributed by atoms with Gasteiger partial charge in [0.05, 0.1) is 28.5 Å². The smallest absolute Gasteiger partial charge is 0.230 e. The van der Waals surface area contributed by atoms with Gasteiger partial charge in [0.15, 0.2) is 0 Å². The Morgan fingerprint density at radius 3 is 2.29 bits per heavy atom. The number of carbonyl (C=O) groups excluding carboxylic acids is 1. The van der Waals surface area contributed by atoms with Gasteiger partial charge in [-0.05, 0) is 30.2 Å². The number of hydrogen-bond acceptors (Lipinski definition) is 4. The molecule has 1 amide bonds. The lowest BCUT2D eigenvalue weighted by molar-refractivity contribution is -0.128. The SMILES string of the molecule is CC1(C(N)=O)C=c2nc(OCc3ccccc3)cc(Cl)c2=CC1OCc1ccccc1. The highest BCUT2D eigenvalue weighted by Gasteiger charge is 2.39. The molecular weight excluding hydrogens is 412 g/mol. The lowest BCUT2D eigenvalue weighted by atomic mass is 9.80. The van der Waals surface area contributed by atoms with Crippen molar-refractivity contribution in [3.8, 4) is 5.88 Å². The average molecular weight is 435 g/mol. The van der Waals surface area contributed by atoms with Gasteiger partial charge in [-0.1, -0.05) is 72.3 Å². The van der Waals surface area contributed by atoms with Crippen LogP contribution >= 0.6 is 11.6 Å². The van der Waals surface area contributed by atoms with Gasteiger partial charge >= 0.3 is 0 Å². The number of benzene rings is 2. The second kappa shape index (κ2) is 8.92. The highest BCUT2D eigenvalue weighted by molar-refractivity contribution is 6.30. The summed E-state index contributed by atoms with van der Waals surface area (Å²) in [7, 11) is 0. The van der Waals surface area contributed by atoms with Crippen LogP contribution in [0.3, 0.4) is 0 Å². The number of carbonyl (C=O) groups is 1. The number of aromatic nitrogens is 1. The van der Waals surface area contributed by atoms with Crippen LogP contribution in [-0.2, 0) is 22.7 Å². The first kappa shape index (κ1) is 21.1. The minimum Gasteiger partial charge on any atom is -0.473 e. The highest BCUT2D eigenvalue weighted by atomic mass is 35.5. The predicted molar refractivity (Wildman–Crippen MR) is 121 cm³/mol. The number of primary amides is 1. The van der Waals surface area contributed by atoms with E-state index in [0.29, 0.717) is 34.7 Å². The molecule has 5 nitrogen and oxygen atoms in total. The van der Waals surface area contributed by atoms with Crippen molar-refractivity contribution < 1.29 is 14.3 Å². The zero-order valence-corrected chi connectivity index (χ0v) is 17.9. The summed E-state index contributed by atoms with van der Waals surface area (Å²) >= 11 is 6.54. The molecule has 1 aliphatic rings. The molecule has 1 aliphatic carbocycles. The van der Waals surface area contributed by atoms with E-state index in [-0.39, 0.29) is 0 Å². The number of ether oxygens (including phenoxy) is 2. The third-order valence-corrected chi connectivity index (χ3v) is 5.71. The molecule has 0 aliphatic heterocycles. The third-order valence-electron chi connectivity index (χ3n) is 5.39. The van der Waals surface area contributed by atoms with Gasteiger partial charge in [0.1, 0.15) is 6.61 Å². The number of fused-ring (bicyclic) bond motifs is 1. The molecule has 0 bridgehead atoms. The summed E-state index contributed by atoms with van der Waals surface area (Å²) in [5.74, 6) is -0.117. The minimum absolute atomic E-state index is 0.345. The number of nitrogens with zero attached hydrogens (tertiary/aromatic N) is 1. The number of nitrogens with two attached hydrogens (primary N) is 1. The van der Waals surface area contributed by atoms with Gasteiger partial charge in [-0.15, -0.1) is 0 Å². The summed E-state index contributed by atoms with van der Waals surface area (Å²) in [5.41, 5.74) is 6.71. The molecule has 3 aromatic rings. The van der Waals surface area contributed by atoms with Crippen molar-refractivity contribution in [2.45, 2.75) is 26.2 Å². The van der Waals surface area contributed by atoms with Crippen molar-refractivity contribution in [1.82, 2.24) is 4.98 Å².